The molecular weight excluding hydrogens is 328 g/mol. The molecule has 0 radical (unpaired) electrons. The largest absolute Gasteiger partial charge is 0.459 e. The summed E-state index contributed by atoms with van der Waals surface area (Å²) in [5, 5.41) is 2.53. The van der Waals surface area contributed by atoms with Gasteiger partial charge in [-0.3, -0.25) is 4.79 Å². The minimum atomic E-state index is -0.491. The van der Waals surface area contributed by atoms with Crippen molar-refractivity contribution in [3.05, 3.63) is 29.0 Å². The first-order valence-corrected chi connectivity index (χ1v) is 9.06. The van der Waals surface area contributed by atoms with Gasteiger partial charge in [-0.2, -0.15) is 0 Å². The lowest BCUT2D eigenvalue weighted by Gasteiger charge is -2.37. The molecule has 4 rings (SSSR count). The summed E-state index contributed by atoms with van der Waals surface area (Å²) in [4.78, 5) is 18.9. The van der Waals surface area contributed by atoms with Crippen LogP contribution >= 0.6 is 11.3 Å². The maximum atomic E-state index is 12.7. The van der Waals surface area contributed by atoms with Gasteiger partial charge >= 0.3 is 0 Å². The van der Waals surface area contributed by atoms with Crippen molar-refractivity contribution in [1.29, 1.82) is 0 Å². The second kappa shape index (κ2) is 5.98. The molecule has 1 amide bonds. The molecule has 2 aromatic heterocycles. The second-order valence-electron chi connectivity index (χ2n) is 6.39. The molecule has 2 aromatic rings. The lowest BCUT2D eigenvalue weighted by atomic mass is 10.0. The van der Waals surface area contributed by atoms with Crippen molar-refractivity contribution in [3.63, 3.8) is 0 Å². The molecule has 24 heavy (non-hydrogen) atoms. The Morgan fingerprint density at radius 2 is 2.17 bits per heavy atom. The predicted molar refractivity (Wildman–Crippen MR) is 88.9 cm³/mol. The Labute approximate surface area is 144 Å². The smallest absolute Gasteiger partial charge is 0.273 e. The maximum absolute atomic E-state index is 12.7. The third kappa shape index (κ3) is 2.87. The number of hydrogen-bond donors (Lipinski definition) is 0. The normalized spacial score (nSPS) is 23.1. The summed E-state index contributed by atoms with van der Waals surface area (Å²) in [5.74, 6) is 1.01. The molecule has 6 nitrogen and oxygen atoms in total. The highest BCUT2D eigenvalue weighted by atomic mass is 32.1. The summed E-state index contributed by atoms with van der Waals surface area (Å²) < 4.78 is 17.3. The molecule has 0 unspecified atom stereocenters. The molecule has 2 fully saturated rings. The van der Waals surface area contributed by atoms with E-state index in [0.29, 0.717) is 44.0 Å². The molecule has 7 heteroatoms. The summed E-state index contributed by atoms with van der Waals surface area (Å²) in [6.45, 7) is 5.78. The van der Waals surface area contributed by atoms with Crippen molar-refractivity contribution >= 4 is 17.2 Å². The number of amides is 1. The highest BCUT2D eigenvalue weighted by Crippen LogP contribution is 2.34. The van der Waals surface area contributed by atoms with Crippen LogP contribution in [0, 0.1) is 6.92 Å². The van der Waals surface area contributed by atoms with E-state index in [-0.39, 0.29) is 12.0 Å². The molecule has 4 heterocycles. The van der Waals surface area contributed by atoms with Gasteiger partial charge in [0, 0.05) is 31.3 Å². The molecule has 1 atom stereocenters. The Kier molecular flexibility index (Phi) is 3.94. The maximum Gasteiger partial charge on any atom is 0.273 e. The Morgan fingerprint density at radius 1 is 1.38 bits per heavy atom. The highest BCUT2D eigenvalue weighted by molar-refractivity contribution is 7.13. The average molecular weight is 348 g/mol. The van der Waals surface area contributed by atoms with Crippen LogP contribution in [0.4, 0.5) is 0 Å². The summed E-state index contributed by atoms with van der Waals surface area (Å²) in [7, 11) is 0. The number of carbonyl (C=O) groups is 1. The van der Waals surface area contributed by atoms with Crippen molar-refractivity contribution in [1.82, 2.24) is 9.88 Å². The number of thiazole rings is 1. The van der Waals surface area contributed by atoms with Crippen LogP contribution in [0.1, 0.15) is 36.0 Å². The number of nitrogens with zero attached hydrogens (tertiary/aromatic N) is 2. The first kappa shape index (κ1) is 15.8. The zero-order valence-corrected chi connectivity index (χ0v) is 14.6. The van der Waals surface area contributed by atoms with Crippen LogP contribution < -0.4 is 0 Å². The van der Waals surface area contributed by atoms with E-state index in [1.54, 1.807) is 5.38 Å². The van der Waals surface area contributed by atoms with Crippen LogP contribution in [0.3, 0.4) is 0 Å². The van der Waals surface area contributed by atoms with Gasteiger partial charge in [-0.15, -0.1) is 11.3 Å². The van der Waals surface area contributed by atoms with Gasteiger partial charge in [0.25, 0.3) is 5.91 Å². The van der Waals surface area contributed by atoms with Crippen LogP contribution in [0.5, 0.6) is 0 Å². The van der Waals surface area contributed by atoms with Gasteiger partial charge in [0.05, 0.1) is 12.7 Å². The van der Waals surface area contributed by atoms with Crippen LogP contribution in [-0.2, 0) is 9.47 Å². The summed E-state index contributed by atoms with van der Waals surface area (Å²) in [6.07, 6.45) is 1.54. The standard InChI is InChI=1S/C17H20N2O4S/c1-11-3-4-14(22-11)15-18-13(10-24-15)16(20)19-7-5-17(6-8-19)21-9-12(2)23-17/h3-4,10,12H,5-9H2,1-2H3/t12-/m1/s1. The summed E-state index contributed by atoms with van der Waals surface area (Å²) in [5.41, 5.74) is 0.474. The third-order valence-electron chi connectivity index (χ3n) is 4.48. The van der Waals surface area contributed by atoms with Gasteiger partial charge < -0.3 is 18.8 Å². The molecule has 128 valence electrons. The molecule has 2 saturated heterocycles. The molecule has 2 aliphatic rings. The first-order valence-electron chi connectivity index (χ1n) is 8.18. The van der Waals surface area contributed by atoms with Crippen LogP contribution in [0.15, 0.2) is 21.9 Å². The summed E-state index contributed by atoms with van der Waals surface area (Å²) >= 11 is 1.43. The fraction of sp³-hybridized carbons (Fsp3) is 0.529. The molecule has 0 saturated carbocycles. The Balaban J connectivity index is 1.43. The molecule has 0 aromatic carbocycles. The van der Waals surface area contributed by atoms with Crippen molar-refractivity contribution in [2.75, 3.05) is 19.7 Å². The Hall–Kier alpha value is -1.70. The quantitative estimate of drug-likeness (QED) is 0.834. The van der Waals surface area contributed by atoms with Gasteiger partial charge in [-0.05, 0) is 26.0 Å². The number of hydrogen-bond acceptors (Lipinski definition) is 6. The number of ether oxygens (including phenoxy) is 2. The van der Waals surface area contributed by atoms with E-state index in [9.17, 15) is 4.79 Å². The van der Waals surface area contributed by atoms with E-state index in [4.69, 9.17) is 13.9 Å². The van der Waals surface area contributed by atoms with Gasteiger partial charge in [-0.25, -0.2) is 4.98 Å². The van der Waals surface area contributed by atoms with E-state index < -0.39 is 5.79 Å². The fourth-order valence-electron chi connectivity index (χ4n) is 3.21. The minimum absolute atomic E-state index is 0.0401. The van der Waals surface area contributed by atoms with E-state index in [1.165, 1.54) is 11.3 Å². The average Bonchev–Trinajstić information content (AvgIpc) is 3.28. The SMILES string of the molecule is Cc1ccc(-c2nc(C(=O)N3CCC4(CC3)OC[C@@H](C)O4)cs2)o1. The molecule has 0 N–H and O–H groups in total. The number of piperidine rings is 1. The number of aromatic nitrogens is 1. The van der Waals surface area contributed by atoms with Gasteiger partial charge in [0.1, 0.15) is 11.5 Å². The van der Waals surface area contributed by atoms with Crippen molar-refractivity contribution in [2.24, 2.45) is 0 Å². The van der Waals surface area contributed by atoms with Gasteiger partial charge in [-0.1, -0.05) is 0 Å². The minimum Gasteiger partial charge on any atom is -0.459 e. The third-order valence-corrected chi connectivity index (χ3v) is 5.34. The zero-order valence-electron chi connectivity index (χ0n) is 13.8. The van der Waals surface area contributed by atoms with Crippen molar-refractivity contribution in [2.45, 2.75) is 38.6 Å². The number of likely N-dealkylation sites (tertiary alicyclic amines) is 1. The lowest BCUT2D eigenvalue weighted by Crippen LogP contribution is -2.47. The molecule has 0 aliphatic carbocycles. The number of furan rings is 1. The van der Waals surface area contributed by atoms with E-state index in [1.807, 2.05) is 30.9 Å². The Morgan fingerprint density at radius 3 is 2.79 bits per heavy atom. The highest BCUT2D eigenvalue weighted by Gasteiger charge is 2.43. The fourth-order valence-corrected chi connectivity index (χ4v) is 3.97. The molecule has 1 spiro atoms. The Bertz CT molecular complexity index is 745. The topological polar surface area (TPSA) is 64.8 Å². The predicted octanol–water partition coefficient (Wildman–Crippen LogP) is 3.08. The van der Waals surface area contributed by atoms with Crippen LogP contribution in [0.2, 0.25) is 0 Å². The summed E-state index contributed by atoms with van der Waals surface area (Å²) in [6, 6.07) is 3.77. The number of aryl methyl sites for hydroxylation is 1. The van der Waals surface area contributed by atoms with Gasteiger partial charge in [0.2, 0.25) is 0 Å². The number of rotatable bonds is 2. The second-order valence-corrected chi connectivity index (χ2v) is 7.25. The van der Waals surface area contributed by atoms with Gasteiger partial charge in [0.15, 0.2) is 16.6 Å². The monoisotopic (exact) mass is 348 g/mol. The first-order chi connectivity index (χ1) is 11.5. The lowest BCUT2D eigenvalue weighted by molar-refractivity contribution is -0.190. The van der Waals surface area contributed by atoms with E-state index >= 15 is 0 Å². The molecule has 0 bridgehead atoms. The number of carbonyl (C=O) groups excluding carboxylic acids is 1. The zero-order chi connectivity index (χ0) is 16.7. The molecule has 2 aliphatic heterocycles. The molecular formula is C17H20N2O4S. The van der Waals surface area contributed by atoms with E-state index in [2.05, 4.69) is 4.98 Å². The van der Waals surface area contributed by atoms with Crippen LogP contribution in [0.25, 0.3) is 10.8 Å². The van der Waals surface area contributed by atoms with Crippen molar-refractivity contribution < 1.29 is 18.7 Å². The van der Waals surface area contributed by atoms with Crippen molar-refractivity contribution in [3.8, 4) is 10.8 Å². The van der Waals surface area contributed by atoms with E-state index in [0.717, 1.165) is 10.8 Å². The van der Waals surface area contributed by atoms with Crippen LogP contribution in [-0.4, -0.2) is 47.4 Å².